The van der Waals surface area contributed by atoms with E-state index in [-0.39, 0.29) is 6.61 Å². The van der Waals surface area contributed by atoms with Crippen molar-refractivity contribution in [2.45, 2.75) is 39.7 Å². The number of hydrogen-bond acceptors (Lipinski definition) is 3. The van der Waals surface area contributed by atoms with Gasteiger partial charge in [0.05, 0.1) is 15.9 Å². The summed E-state index contributed by atoms with van der Waals surface area (Å²) in [5.74, 6) is 0.563. The van der Waals surface area contributed by atoms with E-state index in [1.165, 1.54) is 18.5 Å². The molecule has 1 heterocycles. The normalized spacial score (nSPS) is 12.9. The number of rotatable bonds is 8. The molecule has 0 spiro atoms. The second-order valence-corrected chi connectivity index (χ2v) is 5.56. The molecule has 0 radical (unpaired) electrons. The summed E-state index contributed by atoms with van der Waals surface area (Å²) in [5, 5.41) is 16.9. The maximum absolute atomic E-state index is 9.02. The highest BCUT2D eigenvalue weighted by atomic mass is 79.9. The van der Waals surface area contributed by atoms with Crippen molar-refractivity contribution in [2.75, 3.05) is 13.2 Å². The Labute approximate surface area is 118 Å². The summed E-state index contributed by atoms with van der Waals surface area (Å²) in [6, 6.07) is 0. The molecule has 0 saturated carbocycles. The third-order valence-corrected chi connectivity index (χ3v) is 4.25. The molecule has 0 aliphatic carbocycles. The molecule has 104 valence electrons. The highest BCUT2D eigenvalue weighted by Crippen LogP contribution is 2.20. The van der Waals surface area contributed by atoms with Gasteiger partial charge in [0.2, 0.25) is 0 Å². The number of aromatic nitrogens is 2. The van der Waals surface area contributed by atoms with Gasteiger partial charge in [-0.05, 0) is 48.2 Å². The van der Waals surface area contributed by atoms with Crippen LogP contribution in [0.4, 0.5) is 0 Å². The van der Waals surface area contributed by atoms with Gasteiger partial charge in [-0.25, -0.2) is 0 Å². The fraction of sp³-hybridized carbons (Fsp3) is 0.769. The first kappa shape index (κ1) is 15.7. The Hall–Kier alpha value is -0.390. The SMILES string of the molecule is CCCC(CCO)CNCc1c(Br)c(C)nn1C. The van der Waals surface area contributed by atoms with Crippen LogP contribution in [0.25, 0.3) is 0 Å². The van der Waals surface area contributed by atoms with E-state index in [9.17, 15) is 0 Å². The van der Waals surface area contributed by atoms with Gasteiger partial charge >= 0.3 is 0 Å². The molecule has 0 amide bonds. The maximum atomic E-state index is 9.02. The Bertz CT molecular complexity index is 359. The summed E-state index contributed by atoms with van der Waals surface area (Å²) in [4.78, 5) is 0. The van der Waals surface area contributed by atoms with Crippen LogP contribution in [0.1, 0.15) is 37.6 Å². The zero-order valence-corrected chi connectivity index (χ0v) is 13.1. The lowest BCUT2D eigenvalue weighted by atomic mass is 10.0. The van der Waals surface area contributed by atoms with Crippen LogP contribution in [-0.4, -0.2) is 28.0 Å². The van der Waals surface area contributed by atoms with Gasteiger partial charge in [-0.15, -0.1) is 0 Å². The van der Waals surface area contributed by atoms with Crippen molar-refractivity contribution in [1.29, 1.82) is 0 Å². The van der Waals surface area contributed by atoms with Crippen LogP contribution in [-0.2, 0) is 13.6 Å². The molecule has 0 aliphatic heterocycles. The van der Waals surface area contributed by atoms with Gasteiger partial charge in [0.25, 0.3) is 0 Å². The summed E-state index contributed by atoms with van der Waals surface area (Å²) in [6.07, 6.45) is 3.21. The Balaban J connectivity index is 2.44. The molecule has 0 saturated heterocycles. The molecule has 1 rings (SSSR count). The molecular formula is C13H24BrN3O. The predicted octanol–water partition coefficient (Wildman–Crippen LogP) is 2.38. The van der Waals surface area contributed by atoms with Crippen molar-refractivity contribution in [3.8, 4) is 0 Å². The minimum Gasteiger partial charge on any atom is -0.396 e. The molecule has 1 unspecified atom stereocenters. The third-order valence-electron chi connectivity index (χ3n) is 3.22. The van der Waals surface area contributed by atoms with Gasteiger partial charge in [-0.3, -0.25) is 4.68 Å². The van der Waals surface area contributed by atoms with E-state index in [0.29, 0.717) is 5.92 Å². The van der Waals surface area contributed by atoms with E-state index >= 15 is 0 Å². The summed E-state index contributed by atoms with van der Waals surface area (Å²) < 4.78 is 3.00. The van der Waals surface area contributed by atoms with Gasteiger partial charge in [-0.1, -0.05) is 13.3 Å². The largest absolute Gasteiger partial charge is 0.396 e. The van der Waals surface area contributed by atoms with Crippen molar-refractivity contribution >= 4 is 15.9 Å². The van der Waals surface area contributed by atoms with Crippen LogP contribution in [0.15, 0.2) is 4.47 Å². The second kappa shape index (κ2) is 7.92. The number of aryl methyl sites for hydroxylation is 2. The van der Waals surface area contributed by atoms with Crippen molar-refractivity contribution < 1.29 is 5.11 Å². The monoisotopic (exact) mass is 317 g/mol. The Morgan fingerprint density at radius 3 is 2.67 bits per heavy atom. The van der Waals surface area contributed by atoms with E-state index in [0.717, 1.165) is 29.7 Å². The van der Waals surface area contributed by atoms with Crippen LogP contribution in [0.5, 0.6) is 0 Å². The van der Waals surface area contributed by atoms with Crippen LogP contribution >= 0.6 is 15.9 Å². The number of nitrogens with one attached hydrogen (secondary N) is 1. The highest BCUT2D eigenvalue weighted by molar-refractivity contribution is 9.10. The van der Waals surface area contributed by atoms with E-state index in [1.54, 1.807) is 0 Å². The van der Waals surface area contributed by atoms with Gasteiger partial charge in [-0.2, -0.15) is 5.10 Å². The number of aliphatic hydroxyl groups is 1. The van der Waals surface area contributed by atoms with E-state index < -0.39 is 0 Å². The smallest absolute Gasteiger partial charge is 0.0739 e. The van der Waals surface area contributed by atoms with Crippen molar-refractivity contribution in [3.05, 3.63) is 15.9 Å². The molecule has 0 aromatic carbocycles. The van der Waals surface area contributed by atoms with E-state index in [2.05, 4.69) is 33.3 Å². The molecule has 2 N–H and O–H groups in total. The first-order valence-corrected chi connectivity index (χ1v) is 7.39. The number of aliphatic hydroxyl groups excluding tert-OH is 1. The average molecular weight is 318 g/mol. The molecule has 0 bridgehead atoms. The zero-order chi connectivity index (χ0) is 13.5. The third kappa shape index (κ3) is 4.37. The Kier molecular flexibility index (Phi) is 6.89. The topological polar surface area (TPSA) is 50.1 Å². The Morgan fingerprint density at radius 1 is 1.44 bits per heavy atom. The molecule has 18 heavy (non-hydrogen) atoms. The van der Waals surface area contributed by atoms with Crippen molar-refractivity contribution in [3.63, 3.8) is 0 Å². The van der Waals surface area contributed by atoms with Gasteiger partial charge in [0, 0.05) is 20.2 Å². The van der Waals surface area contributed by atoms with Crippen molar-refractivity contribution in [2.24, 2.45) is 13.0 Å². The maximum Gasteiger partial charge on any atom is 0.0739 e. The van der Waals surface area contributed by atoms with E-state index in [4.69, 9.17) is 5.11 Å². The first-order valence-electron chi connectivity index (χ1n) is 6.59. The quantitative estimate of drug-likeness (QED) is 0.774. The summed E-state index contributed by atoms with van der Waals surface area (Å²) in [6.45, 7) is 6.22. The van der Waals surface area contributed by atoms with E-state index in [1.807, 2.05) is 18.7 Å². The van der Waals surface area contributed by atoms with Crippen LogP contribution in [0, 0.1) is 12.8 Å². The lowest BCUT2D eigenvalue weighted by Gasteiger charge is -2.15. The molecule has 5 heteroatoms. The van der Waals surface area contributed by atoms with Crippen LogP contribution in [0.2, 0.25) is 0 Å². The number of halogens is 1. The number of hydrogen-bond donors (Lipinski definition) is 2. The summed E-state index contributed by atoms with van der Waals surface area (Å²) in [7, 11) is 1.96. The zero-order valence-electron chi connectivity index (χ0n) is 11.5. The average Bonchev–Trinajstić information content (AvgIpc) is 2.56. The molecule has 4 nitrogen and oxygen atoms in total. The van der Waals surface area contributed by atoms with Gasteiger partial charge < -0.3 is 10.4 Å². The van der Waals surface area contributed by atoms with Gasteiger partial charge in [0.1, 0.15) is 0 Å². The molecule has 1 aromatic rings. The van der Waals surface area contributed by atoms with Crippen LogP contribution < -0.4 is 5.32 Å². The molecule has 1 atom stereocenters. The molecular weight excluding hydrogens is 294 g/mol. The predicted molar refractivity (Wildman–Crippen MR) is 77.5 cm³/mol. The fourth-order valence-electron chi connectivity index (χ4n) is 2.21. The molecule has 0 aliphatic rings. The lowest BCUT2D eigenvalue weighted by Crippen LogP contribution is -2.24. The first-order chi connectivity index (χ1) is 8.60. The fourth-order valence-corrected chi connectivity index (χ4v) is 2.68. The summed E-state index contributed by atoms with van der Waals surface area (Å²) >= 11 is 3.57. The molecule has 0 fully saturated rings. The summed E-state index contributed by atoms with van der Waals surface area (Å²) in [5.41, 5.74) is 2.20. The standard InChI is InChI=1S/C13H24BrN3O/c1-4-5-11(6-7-18)8-15-9-12-13(14)10(2)16-17(12)3/h11,15,18H,4-9H2,1-3H3. The lowest BCUT2D eigenvalue weighted by molar-refractivity contribution is 0.247. The minimum absolute atomic E-state index is 0.279. The second-order valence-electron chi connectivity index (χ2n) is 4.77. The number of nitrogens with zero attached hydrogens (tertiary/aromatic N) is 2. The highest BCUT2D eigenvalue weighted by Gasteiger charge is 2.11. The minimum atomic E-state index is 0.279. The van der Waals surface area contributed by atoms with Gasteiger partial charge in [0.15, 0.2) is 0 Å². The van der Waals surface area contributed by atoms with Crippen LogP contribution in [0.3, 0.4) is 0 Å². The van der Waals surface area contributed by atoms with Crippen molar-refractivity contribution in [1.82, 2.24) is 15.1 Å². The Morgan fingerprint density at radius 2 is 2.17 bits per heavy atom. The molecule has 1 aromatic heterocycles.